The third-order valence-electron chi connectivity index (χ3n) is 3.12. The van der Waals surface area contributed by atoms with Crippen LogP contribution in [-0.2, 0) is 13.5 Å². The Kier molecular flexibility index (Phi) is 5.16. The maximum absolute atomic E-state index is 4.24. The molecule has 1 aromatic heterocycles. The molecule has 0 aliphatic carbocycles. The second kappa shape index (κ2) is 6.87. The average molecular weight is 322 g/mol. The minimum Gasteiger partial charge on any atom is -0.310 e. The predicted octanol–water partition coefficient (Wildman–Crippen LogP) is 3.47. The zero-order chi connectivity index (χ0) is 13.7. The fraction of sp³-hybridized carbons (Fsp3) is 0.400. The Labute approximate surface area is 123 Å². The van der Waals surface area contributed by atoms with E-state index in [2.05, 4.69) is 63.7 Å². The van der Waals surface area contributed by atoms with Crippen molar-refractivity contribution in [3.05, 3.63) is 52.3 Å². The zero-order valence-electron chi connectivity index (χ0n) is 11.4. The SMILES string of the molecule is CCCNC(Cc1cnn(C)c1)c1ccccc1Br. The van der Waals surface area contributed by atoms with Crippen molar-refractivity contribution in [1.82, 2.24) is 15.1 Å². The van der Waals surface area contributed by atoms with E-state index in [-0.39, 0.29) is 0 Å². The number of hydrogen-bond acceptors (Lipinski definition) is 2. The lowest BCUT2D eigenvalue weighted by atomic mass is 10.0. The molecule has 0 saturated carbocycles. The van der Waals surface area contributed by atoms with E-state index in [0.717, 1.165) is 23.9 Å². The minimum absolute atomic E-state index is 0.319. The summed E-state index contributed by atoms with van der Waals surface area (Å²) in [4.78, 5) is 0. The summed E-state index contributed by atoms with van der Waals surface area (Å²) in [5.74, 6) is 0. The lowest BCUT2D eigenvalue weighted by Crippen LogP contribution is -2.24. The summed E-state index contributed by atoms with van der Waals surface area (Å²) in [5.41, 5.74) is 2.56. The Hall–Kier alpha value is -1.13. The molecule has 1 N–H and O–H groups in total. The predicted molar refractivity (Wildman–Crippen MR) is 82.1 cm³/mol. The van der Waals surface area contributed by atoms with Crippen molar-refractivity contribution < 1.29 is 0 Å². The van der Waals surface area contributed by atoms with Gasteiger partial charge < -0.3 is 5.32 Å². The fourth-order valence-corrected chi connectivity index (χ4v) is 2.74. The molecule has 0 fully saturated rings. The van der Waals surface area contributed by atoms with Gasteiger partial charge in [-0.3, -0.25) is 4.68 Å². The van der Waals surface area contributed by atoms with Gasteiger partial charge in [-0.25, -0.2) is 0 Å². The van der Waals surface area contributed by atoms with Crippen molar-refractivity contribution in [2.24, 2.45) is 7.05 Å². The van der Waals surface area contributed by atoms with Crippen molar-refractivity contribution >= 4 is 15.9 Å². The van der Waals surface area contributed by atoms with Gasteiger partial charge in [0.2, 0.25) is 0 Å². The molecule has 19 heavy (non-hydrogen) atoms. The van der Waals surface area contributed by atoms with Crippen LogP contribution in [0.4, 0.5) is 0 Å². The topological polar surface area (TPSA) is 29.9 Å². The van der Waals surface area contributed by atoms with Crippen LogP contribution in [0.15, 0.2) is 41.1 Å². The standard InChI is InChI=1S/C15H20BrN3/c1-3-8-17-15(9-12-10-18-19(2)11-12)13-6-4-5-7-14(13)16/h4-7,10-11,15,17H,3,8-9H2,1-2H3. The van der Waals surface area contributed by atoms with Crippen LogP contribution in [0.5, 0.6) is 0 Å². The van der Waals surface area contributed by atoms with Crippen molar-refractivity contribution in [2.45, 2.75) is 25.8 Å². The van der Waals surface area contributed by atoms with Crippen LogP contribution in [-0.4, -0.2) is 16.3 Å². The highest BCUT2D eigenvalue weighted by atomic mass is 79.9. The Morgan fingerprint density at radius 3 is 2.79 bits per heavy atom. The molecule has 0 saturated heterocycles. The van der Waals surface area contributed by atoms with Gasteiger partial charge in [0.1, 0.15) is 0 Å². The van der Waals surface area contributed by atoms with Gasteiger partial charge in [-0.2, -0.15) is 5.10 Å². The first-order valence-corrected chi connectivity index (χ1v) is 7.45. The molecular weight excluding hydrogens is 302 g/mol. The van der Waals surface area contributed by atoms with E-state index in [9.17, 15) is 0 Å². The monoisotopic (exact) mass is 321 g/mol. The Morgan fingerprint density at radius 1 is 1.37 bits per heavy atom. The van der Waals surface area contributed by atoms with Crippen LogP contribution in [0.25, 0.3) is 0 Å². The number of aryl methyl sites for hydroxylation is 1. The van der Waals surface area contributed by atoms with E-state index >= 15 is 0 Å². The van der Waals surface area contributed by atoms with Crippen molar-refractivity contribution in [3.63, 3.8) is 0 Å². The summed E-state index contributed by atoms with van der Waals surface area (Å²) < 4.78 is 3.01. The van der Waals surface area contributed by atoms with Crippen LogP contribution in [0.2, 0.25) is 0 Å². The first kappa shape index (κ1) is 14.3. The third kappa shape index (κ3) is 3.91. The van der Waals surface area contributed by atoms with E-state index in [1.165, 1.54) is 11.1 Å². The summed E-state index contributed by atoms with van der Waals surface area (Å²) in [6.07, 6.45) is 6.11. The molecule has 1 unspecified atom stereocenters. The second-order valence-electron chi connectivity index (χ2n) is 4.75. The smallest absolute Gasteiger partial charge is 0.0522 e. The molecule has 1 aromatic carbocycles. The summed E-state index contributed by atoms with van der Waals surface area (Å²) >= 11 is 3.65. The number of halogens is 1. The van der Waals surface area contributed by atoms with Gasteiger partial charge in [0.15, 0.2) is 0 Å². The van der Waals surface area contributed by atoms with E-state index < -0.39 is 0 Å². The van der Waals surface area contributed by atoms with Gasteiger partial charge in [-0.05, 0) is 36.6 Å². The van der Waals surface area contributed by atoms with E-state index in [0.29, 0.717) is 6.04 Å². The van der Waals surface area contributed by atoms with Crippen LogP contribution in [0.1, 0.15) is 30.5 Å². The molecular formula is C15H20BrN3. The Morgan fingerprint density at radius 2 is 2.16 bits per heavy atom. The number of aromatic nitrogens is 2. The van der Waals surface area contributed by atoms with E-state index in [1.54, 1.807) is 0 Å². The lowest BCUT2D eigenvalue weighted by molar-refractivity contribution is 0.527. The number of hydrogen-bond donors (Lipinski definition) is 1. The van der Waals surface area contributed by atoms with E-state index in [4.69, 9.17) is 0 Å². The fourth-order valence-electron chi connectivity index (χ4n) is 2.18. The minimum atomic E-state index is 0.319. The summed E-state index contributed by atoms with van der Waals surface area (Å²) in [7, 11) is 1.95. The van der Waals surface area contributed by atoms with Gasteiger partial charge >= 0.3 is 0 Å². The Bertz CT molecular complexity index is 522. The van der Waals surface area contributed by atoms with Crippen LogP contribution in [0.3, 0.4) is 0 Å². The Balaban J connectivity index is 2.18. The van der Waals surface area contributed by atoms with Crippen molar-refractivity contribution in [3.8, 4) is 0 Å². The molecule has 2 rings (SSSR count). The molecule has 0 amide bonds. The normalized spacial score (nSPS) is 12.6. The highest BCUT2D eigenvalue weighted by molar-refractivity contribution is 9.10. The van der Waals surface area contributed by atoms with Gasteiger partial charge in [-0.1, -0.05) is 41.1 Å². The largest absolute Gasteiger partial charge is 0.310 e. The van der Waals surface area contributed by atoms with Crippen LogP contribution in [0, 0.1) is 0 Å². The molecule has 2 aromatic rings. The molecule has 1 heterocycles. The number of benzene rings is 1. The molecule has 4 heteroatoms. The maximum atomic E-state index is 4.24. The third-order valence-corrected chi connectivity index (χ3v) is 3.84. The maximum Gasteiger partial charge on any atom is 0.0522 e. The van der Waals surface area contributed by atoms with Crippen LogP contribution >= 0.6 is 15.9 Å². The van der Waals surface area contributed by atoms with Gasteiger partial charge in [0.05, 0.1) is 6.20 Å². The molecule has 0 aliphatic rings. The summed E-state index contributed by atoms with van der Waals surface area (Å²) in [6, 6.07) is 8.73. The lowest BCUT2D eigenvalue weighted by Gasteiger charge is -2.19. The highest BCUT2D eigenvalue weighted by Gasteiger charge is 2.14. The first-order chi connectivity index (χ1) is 9.20. The summed E-state index contributed by atoms with van der Waals surface area (Å²) in [6.45, 7) is 3.21. The molecule has 0 bridgehead atoms. The van der Waals surface area contributed by atoms with Crippen molar-refractivity contribution in [1.29, 1.82) is 0 Å². The van der Waals surface area contributed by atoms with Gasteiger partial charge in [0.25, 0.3) is 0 Å². The first-order valence-electron chi connectivity index (χ1n) is 6.66. The number of rotatable bonds is 6. The molecule has 1 atom stereocenters. The van der Waals surface area contributed by atoms with Crippen LogP contribution < -0.4 is 5.32 Å². The molecule has 3 nitrogen and oxygen atoms in total. The van der Waals surface area contributed by atoms with Crippen molar-refractivity contribution in [2.75, 3.05) is 6.54 Å². The average Bonchev–Trinajstić information content (AvgIpc) is 2.81. The molecule has 102 valence electrons. The molecule has 0 spiro atoms. The molecule has 0 aliphatic heterocycles. The highest BCUT2D eigenvalue weighted by Crippen LogP contribution is 2.25. The van der Waals surface area contributed by atoms with E-state index in [1.807, 2.05) is 17.9 Å². The molecule has 0 radical (unpaired) electrons. The van der Waals surface area contributed by atoms with Gasteiger partial charge in [-0.15, -0.1) is 0 Å². The number of nitrogens with one attached hydrogen (secondary N) is 1. The second-order valence-corrected chi connectivity index (χ2v) is 5.61. The number of nitrogens with zero attached hydrogens (tertiary/aromatic N) is 2. The van der Waals surface area contributed by atoms with Gasteiger partial charge in [0, 0.05) is 23.8 Å². The summed E-state index contributed by atoms with van der Waals surface area (Å²) in [5, 5.41) is 7.86. The quantitative estimate of drug-likeness (QED) is 0.883. The zero-order valence-corrected chi connectivity index (χ0v) is 13.0.